The molecule has 1 aliphatic heterocycles. The number of carbonyl (C=O) groups excluding carboxylic acids is 3. The van der Waals surface area contributed by atoms with Gasteiger partial charge in [0.25, 0.3) is 0 Å². The van der Waals surface area contributed by atoms with Crippen LogP contribution in [0, 0.1) is 11.8 Å². The molecule has 3 N–H and O–H groups in total. The molecule has 7 nitrogen and oxygen atoms in total. The molecule has 0 bridgehead atoms. The fourth-order valence-corrected chi connectivity index (χ4v) is 3.41. The number of nitrogens with one attached hydrogen (secondary N) is 2. The molecular weight excluding hydrogens is 396 g/mol. The van der Waals surface area contributed by atoms with Gasteiger partial charge in [-0.15, -0.1) is 0 Å². The number of benzene rings is 1. The molecular formula is C24H34N2O5. The maximum Gasteiger partial charge on any atom is 0.309 e. The number of ether oxygens (including phenoxy) is 1. The smallest absolute Gasteiger partial charge is 0.309 e. The molecule has 1 aromatic carbocycles. The van der Waals surface area contributed by atoms with Crippen molar-refractivity contribution in [2.24, 2.45) is 11.8 Å². The largest absolute Gasteiger partial charge is 0.463 e. The highest BCUT2D eigenvalue weighted by molar-refractivity contribution is 5.86. The van der Waals surface area contributed by atoms with Crippen molar-refractivity contribution < 1.29 is 24.2 Å². The molecule has 1 heterocycles. The van der Waals surface area contributed by atoms with Crippen molar-refractivity contribution in [2.75, 3.05) is 13.2 Å². The fourth-order valence-electron chi connectivity index (χ4n) is 3.41. The van der Waals surface area contributed by atoms with Crippen molar-refractivity contribution >= 4 is 17.8 Å². The van der Waals surface area contributed by atoms with Crippen LogP contribution >= 0.6 is 0 Å². The van der Waals surface area contributed by atoms with E-state index in [1.807, 2.05) is 42.5 Å². The van der Waals surface area contributed by atoms with Crippen LogP contribution in [0.1, 0.15) is 45.6 Å². The first kappa shape index (κ1) is 24.6. The van der Waals surface area contributed by atoms with Gasteiger partial charge in [0.05, 0.1) is 24.0 Å². The van der Waals surface area contributed by atoms with Gasteiger partial charge in [-0.1, -0.05) is 42.5 Å². The predicted octanol–water partition coefficient (Wildman–Crippen LogP) is 2.14. The second kappa shape index (κ2) is 11.6. The monoisotopic (exact) mass is 430 g/mol. The first-order chi connectivity index (χ1) is 14.7. The van der Waals surface area contributed by atoms with E-state index in [0.29, 0.717) is 19.3 Å². The van der Waals surface area contributed by atoms with Gasteiger partial charge in [0, 0.05) is 12.5 Å². The van der Waals surface area contributed by atoms with Gasteiger partial charge in [-0.3, -0.25) is 14.4 Å². The highest BCUT2D eigenvalue weighted by Crippen LogP contribution is 2.19. The number of amides is 2. The highest BCUT2D eigenvalue weighted by atomic mass is 16.5. The van der Waals surface area contributed by atoms with Crippen molar-refractivity contribution in [3.05, 3.63) is 48.0 Å². The summed E-state index contributed by atoms with van der Waals surface area (Å²) in [7, 11) is 0. The van der Waals surface area contributed by atoms with Crippen LogP contribution in [0.4, 0.5) is 0 Å². The second-order valence-corrected chi connectivity index (χ2v) is 8.86. The fraction of sp³-hybridized carbons (Fsp3) is 0.542. The van der Waals surface area contributed by atoms with Gasteiger partial charge in [-0.25, -0.2) is 0 Å². The first-order valence-electron chi connectivity index (χ1n) is 10.8. The molecule has 0 aliphatic carbocycles. The van der Waals surface area contributed by atoms with Crippen molar-refractivity contribution in [1.82, 2.24) is 10.6 Å². The third-order valence-corrected chi connectivity index (χ3v) is 5.19. The summed E-state index contributed by atoms with van der Waals surface area (Å²) < 4.78 is 5.55. The normalized spacial score (nSPS) is 23.0. The van der Waals surface area contributed by atoms with Gasteiger partial charge >= 0.3 is 5.97 Å². The summed E-state index contributed by atoms with van der Waals surface area (Å²) in [5.74, 6) is -1.71. The molecule has 1 aliphatic rings. The number of carbonyl (C=O) groups is 3. The molecule has 0 spiro atoms. The quantitative estimate of drug-likeness (QED) is 0.474. The van der Waals surface area contributed by atoms with Crippen LogP contribution in [0.15, 0.2) is 42.5 Å². The van der Waals surface area contributed by atoms with Crippen LogP contribution in [0.25, 0.3) is 0 Å². The summed E-state index contributed by atoms with van der Waals surface area (Å²) in [6, 6.07) is 9.42. The Morgan fingerprint density at radius 1 is 1.19 bits per heavy atom. The molecule has 0 aromatic heterocycles. The van der Waals surface area contributed by atoms with E-state index in [1.165, 1.54) is 0 Å². The van der Waals surface area contributed by atoms with E-state index in [-0.39, 0.29) is 49.4 Å². The van der Waals surface area contributed by atoms with E-state index in [4.69, 9.17) is 9.84 Å². The maximum atomic E-state index is 12.8. The number of aliphatic hydroxyl groups is 1. The molecule has 2 rings (SSSR count). The molecule has 0 saturated heterocycles. The molecule has 1 aromatic rings. The molecule has 7 heteroatoms. The highest BCUT2D eigenvalue weighted by Gasteiger charge is 2.30. The molecule has 0 fully saturated rings. The summed E-state index contributed by atoms with van der Waals surface area (Å²) in [5.41, 5.74) is 0.296. The zero-order valence-corrected chi connectivity index (χ0v) is 18.6. The van der Waals surface area contributed by atoms with Gasteiger partial charge in [-0.05, 0) is 45.6 Å². The van der Waals surface area contributed by atoms with Crippen molar-refractivity contribution in [3.63, 3.8) is 0 Å². The summed E-state index contributed by atoms with van der Waals surface area (Å²) in [6.45, 7) is 5.16. The van der Waals surface area contributed by atoms with Gasteiger partial charge in [-0.2, -0.15) is 0 Å². The third kappa shape index (κ3) is 8.53. The average molecular weight is 431 g/mol. The van der Waals surface area contributed by atoms with E-state index in [2.05, 4.69) is 10.6 Å². The van der Waals surface area contributed by atoms with Gasteiger partial charge in [0.2, 0.25) is 11.8 Å². The number of hydrogen-bond acceptors (Lipinski definition) is 5. The minimum atomic E-state index is -0.764. The van der Waals surface area contributed by atoms with Crippen LogP contribution in [-0.4, -0.2) is 47.7 Å². The summed E-state index contributed by atoms with van der Waals surface area (Å²) in [4.78, 5) is 37.8. The van der Waals surface area contributed by atoms with Gasteiger partial charge in [0.1, 0.15) is 6.61 Å². The van der Waals surface area contributed by atoms with Gasteiger partial charge in [0.15, 0.2) is 0 Å². The number of hydrogen-bond donors (Lipinski definition) is 3. The molecule has 3 atom stereocenters. The lowest BCUT2D eigenvalue weighted by atomic mass is 9.93. The van der Waals surface area contributed by atoms with Crippen LogP contribution in [0.5, 0.6) is 0 Å². The number of cyclic esters (lactones) is 1. The van der Waals surface area contributed by atoms with Crippen molar-refractivity contribution in [2.45, 2.75) is 58.0 Å². The van der Waals surface area contributed by atoms with Crippen molar-refractivity contribution in [3.8, 4) is 0 Å². The standard InChI is InChI=1S/C24H34N2O5/c1-17(15-27)25-21(28)14-19-11-7-8-12-20(13-18-9-5-4-6-10-18)23(30)31-16-24(2,3)26-22(19)29/h4-10,17,19-20,27H,11-16H2,1-3H3,(H,25,28)(H,26,29)/t17-,19-,20+/m1/s1. The first-order valence-corrected chi connectivity index (χ1v) is 10.8. The number of allylic oxidation sites excluding steroid dienone is 2. The number of aliphatic hydroxyl groups excluding tert-OH is 1. The molecule has 0 unspecified atom stereocenters. The van der Waals surface area contributed by atoms with Crippen LogP contribution < -0.4 is 10.6 Å². The molecule has 170 valence electrons. The van der Waals surface area contributed by atoms with Crippen LogP contribution in [-0.2, 0) is 25.5 Å². The van der Waals surface area contributed by atoms with E-state index < -0.39 is 11.5 Å². The maximum absolute atomic E-state index is 12.8. The van der Waals surface area contributed by atoms with E-state index in [1.54, 1.807) is 20.8 Å². The summed E-state index contributed by atoms with van der Waals surface area (Å²) >= 11 is 0. The molecule has 0 saturated carbocycles. The van der Waals surface area contributed by atoms with Crippen LogP contribution in [0.3, 0.4) is 0 Å². The Balaban J connectivity index is 2.14. The SMILES string of the molecule is C[C@H](CO)NC(=O)C[C@H]1CC=CC[C@@H](Cc2ccccc2)C(=O)OCC(C)(C)NC1=O. The Labute approximate surface area is 184 Å². The Kier molecular flexibility index (Phi) is 9.24. The van der Waals surface area contributed by atoms with E-state index in [9.17, 15) is 14.4 Å². The molecule has 2 amide bonds. The van der Waals surface area contributed by atoms with Crippen LogP contribution in [0.2, 0.25) is 0 Å². The number of esters is 1. The lowest BCUT2D eigenvalue weighted by molar-refractivity contribution is -0.151. The minimum absolute atomic E-state index is 0.0177. The van der Waals surface area contributed by atoms with E-state index >= 15 is 0 Å². The van der Waals surface area contributed by atoms with E-state index in [0.717, 1.165) is 5.56 Å². The topological polar surface area (TPSA) is 105 Å². The van der Waals surface area contributed by atoms with Gasteiger partial charge < -0.3 is 20.5 Å². The predicted molar refractivity (Wildman–Crippen MR) is 118 cm³/mol. The summed E-state index contributed by atoms with van der Waals surface area (Å²) in [6.07, 6.45) is 5.21. The Morgan fingerprint density at radius 3 is 2.48 bits per heavy atom. The average Bonchev–Trinajstić information content (AvgIpc) is 2.72. The molecule has 31 heavy (non-hydrogen) atoms. The zero-order chi connectivity index (χ0) is 22.9. The Morgan fingerprint density at radius 2 is 1.84 bits per heavy atom. The second-order valence-electron chi connectivity index (χ2n) is 8.86. The Bertz CT molecular complexity index is 775. The lowest BCUT2D eigenvalue weighted by Crippen LogP contribution is -2.50. The summed E-state index contributed by atoms with van der Waals surface area (Å²) in [5, 5.41) is 14.7. The molecule has 0 radical (unpaired) electrons. The lowest BCUT2D eigenvalue weighted by Gasteiger charge is -2.29. The zero-order valence-electron chi connectivity index (χ0n) is 18.6. The third-order valence-electron chi connectivity index (χ3n) is 5.19. The number of rotatable bonds is 6. The minimum Gasteiger partial charge on any atom is -0.463 e. The Hall–Kier alpha value is -2.67. The van der Waals surface area contributed by atoms with Crippen molar-refractivity contribution in [1.29, 1.82) is 0 Å².